The van der Waals surface area contributed by atoms with Gasteiger partial charge in [-0.1, -0.05) is 17.7 Å². The van der Waals surface area contributed by atoms with Gasteiger partial charge in [0.05, 0.1) is 26.6 Å². The van der Waals surface area contributed by atoms with Crippen molar-refractivity contribution >= 4 is 51.7 Å². The fourth-order valence-electron chi connectivity index (χ4n) is 3.33. The number of halogens is 4. The van der Waals surface area contributed by atoms with Crippen LogP contribution in [0.4, 0.5) is 19.0 Å². The van der Waals surface area contributed by atoms with Crippen molar-refractivity contribution in [3.8, 4) is 0 Å². The molecule has 0 spiro atoms. The van der Waals surface area contributed by atoms with Crippen molar-refractivity contribution < 1.29 is 31.5 Å². The molecule has 0 aliphatic carbocycles. The molecule has 0 saturated carbocycles. The van der Waals surface area contributed by atoms with Crippen molar-refractivity contribution in [1.82, 2.24) is 10.3 Å². The number of hydrogen-bond acceptors (Lipinski definition) is 6. The van der Waals surface area contributed by atoms with Gasteiger partial charge in [0.25, 0.3) is 5.91 Å². The van der Waals surface area contributed by atoms with E-state index in [9.17, 15) is 26.7 Å². The number of anilines is 1. The first-order chi connectivity index (χ1) is 15.5. The number of nitrogens with two attached hydrogens (primary N) is 1. The lowest BCUT2D eigenvalue weighted by molar-refractivity contribution is -0.141. The van der Waals surface area contributed by atoms with Crippen molar-refractivity contribution in [2.45, 2.75) is 23.4 Å². The van der Waals surface area contributed by atoms with Crippen LogP contribution in [0.5, 0.6) is 0 Å². The van der Waals surface area contributed by atoms with E-state index < -0.39 is 39.6 Å². The predicted molar refractivity (Wildman–Crippen MR) is 119 cm³/mol. The third-order valence-electron chi connectivity index (χ3n) is 4.84. The van der Waals surface area contributed by atoms with Gasteiger partial charge < -0.3 is 25.7 Å². The summed E-state index contributed by atoms with van der Waals surface area (Å²) in [5.74, 6) is -1.10. The van der Waals surface area contributed by atoms with Crippen LogP contribution in [0.25, 0.3) is 0 Å². The molecule has 1 aliphatic rings. The maximum atomic E-state index is 12.9. The van der Waals surface area contributed by atoms with E-state index in [0.717, 1.165) is 23.5 Å². The van der Waals surface area contributed by atoms with Crippen LogP contribution < -0.4 is 16.4 Å². The van der Waals surface area contributed by atoms with E-state index in [1.807, 2.05) is 0 Å². The van der Waals surface area contributed by atoms with Gasteiger partial charge in [-0.25, -0.2) is 9.19 Å². The van der Waals surface area contributed by atoms with Crippen molar-refractivity contribution in [3.05, 3.63) is 44.7 Å². The second kappa shape index (κ2) is 9.93. The molecule has 5 N–H and O–H groups in total. The van der Waals surface area contributed by atoms with Crippen LogP contribution in [-0.2, 0) is 27.5 Å². The molecule has 33 heavy (non-hydrogen) atoms. The molecule has 1 amide bonds. The smallest absolute Gasteiger partial charge is 0.379 e. The van der Waals surface area contributed by atoms with Crippen LogP contribution in [0.15, 0.2) is 29.3 Å². The Bertz CT molecular complexity index is 1100. The van der Waals surface area contributed by atoms with E-state index in [2.05, 4.69) is 20.6 Å². The summed E-state index contributed by atoms with van der Waals surface area (Å²) in [5, 5.41) is 4.39. The number of aliphatic imine (C=N–C) groups is 1. The maximum absolute atomic E-state index is 12.9. The van der Waals surface area contributed by atoms with E-state index in [1.165, 1.54) is 19.2 Å². The average Bonchev–Trinajstić information content (AvgIpc) is 3.15. The molecule has 1 aliphatic heterocycles. The Labute approximate surface area is 197 Å². The van der Waals surface area contributed by atoms with Crippen molar-refractivity contribution in [2.24, 2.45) is 10.7 Å². The largest absolute Gasteiger partial charge is 0.433 e. The number of alkyl halides is 3. The molecule has 9 nitrogen and oxygen atoms in total. The minimum absolute atomic E-state index is 0.0374. The van der Waals surface area contributed by atoms with E-state index in [-0.39, 0.29) is 41.3 Å². The molecule has 0 radical (unpaired) electrons. The monoisotopic (exact) mass is 525 g/mol. The lowest BCUT2D eigenvalue weighted by Crippen LogP contribution is -2.61. The summed E-state index contributed by atoms with van der Waals surface area (Å²) < 4.78 is 66.3. The zero-order valence-electron chi connectivity index (χ0n) is 17.0. The first-order valence-corrected chi connectivity index (χ1v) is 11.7. The summed E-state index contributed by atoms with van der Waals surface area (Å²) in [4.78, 5) is 20.3. The average molecular weight is 526 g/mol. The topological polar surface area (TPSA) is 139 Å². The standard InChI is InChI=1S/C18H19ClF3N5O4S2/c1-24-16(23)27-17(8-31-6-5-12(17)33(29)30)14-9(19)7-10(32-14)15(28)26-13-4-2-3-11(25-13)18(20,21)22/h2-4,7,12H,5-6,8H2,1H3,(H,29,30)(H3,23,24,27)(H,25,26,28)/t12?,17-/m0/s1. The van der Waals surface area contributed by atoms with Gasteiger partial charge in [-0.3, -0.25) is 9.79 Å². The number of ether oxygens (including phenoxy) is 1. The number of hydrogen-bond donors (Lipinski definition) is 4. The van der Waals surface area contributed by atoms with Gasteiger partial charge in [0.2, 0.25) is 0 Å². The molecule has 1 fully saturated rings. The summed E-state index contributed by atoms with van der Waals surface area (Å²) in [6, 6.07) is 4.41. The highest BCUT2D eigenvalue weighted by molar-refractivity contribution is 7.80. The Morgan fingerprint density at radius 1 is 1.48 bits per heavy atom. The first-order valence-electron chi connectivity index (χ1n) is 9.31. The summed E-state index contributed by atoms with van der Waals surface area (Å²) in [6.07, 6.45) is -4.48. The van der Waals surface area contributed by atoms with Gasteiger partial charge in [-0.05, 0) is 24.6 Å². The molecule has 15 heteroatoms. The fourth-order valence-corrected chi connectivity index (χ4v) is 5.88. The molecular formula is C18H19ClF3N5O4S2. The number of rotatable bonds is 5. The summed E-state index contributed by atoms with van der Waals surface area (Å²) in [7, 11) is 1.42. The van der Waals surface area contributed by atoms with Crippen molar-refractivity contribution in [2.75, 3.05) is 25.6 Å². The first kappa shape index (κ1) is 25.4. The lowest BCUT2D eigenvalue weighted by atomic mass is 9.90. The molecule has 3 heterocycles. The summed E-state index contributed by atoms with van der Waals surface area (Å²) in [5.41, 5.74) is 3.32. The van der Waals surface area contributed by atoms with Gasteiger partial charge in [0.15, 0.2) is 17.0 Å². The van der Waals surface area contributed by atoms with Crippen molar-refractivity contribution in [3.63, 3.8) is 0 Å². The molecule has 0 bridgehead atoms. The minimum atomic E-state index is -4.67. The molecule has 2 unspecified atom stereocenters. The Morgan fingerprint density at radius 3 is 2.85 bits per heavy atom. The van der Waals surface area contributed by atoms with E-state index in [1.54, 1.807) is 0 Å². The number of nitrogens with one attached hydrogen (secondary N) is 2. The number of guanidine groups is 1. The highest BCUT2D eigenvalue weighted by Crippen LogP contribution is 2.42. The maximum Gasteiger partial charge on any atom is 0.433 e. The number of amides is 1. The molecule has 180 valence electrons. The lowest BCUT2D eigenvalue weighted by Gasteiger charge is -2.42. The fraction of sp³-hybridized carbons (Fsp3) is 0.389. The Balaban J connectivity index is 1.97. The van der Waals surface area contributed by atoms with Crippen LogP contribution in [-0.4, -0.2) is 51.1 Å². The molecule has 0 aromatic carbocycles. The van der Waals surface area contributed by atoms with Crippen LogP contribution in [0, 0.1) is 0 Å². The van der Waals surface area contributed by atoms with E-state index in [4.69, 9.17) is 22.1 Å². The van der Waals surface area contributed by atoms with Gasteiger partial charge in [-0.15, -0.1) is 11.3 Å². The summed E-state index contributed by atoms with van der Waals surface area (Å²) >= 11 is 4.97. The predicted octanol–water partition coefficient (Wildman–Crippen LogP) is 2.81. The number of aromatic nitrogens is 1. The molecule has 1 saturated heterocycles. The van der Waals surface area contributed by atoms with Gasteiger partial charge in [0.1, 0.15) is 17.1 Å². The zero-order valence-corrected chi connectivity index (χ0v) is 19.4. The molecule has 2 aromatic rings. The number of thiophene rings is 1. The molecule has 2 aromatic heterocycles. The third-order valence-corrected chi connectivity index (χ3v) is 7.68. The SMILES string of the molecule is CN=C(N)N[C@@]1(c2sc(C(=O)Nc3cccc(C(F)(F)F)n3)cc2Cl)COCCC1S(=O)O. The summed E-state index contributed by atoms with van der Waals surface area (Å²) in [6.45, 7) is 0.137. The van der Waals surface area contributed by atoms with Crippen LogP contribution in [0.3, 0.4) is 0 Å². The number of carbonyl (C=O) groups is 1. The highest BCUT2D eigenvalue weighted by Gasteiger charge is 2.49. The zero-order chi connectivity index (χ0) is 24.4. The second-order valence-corrected chi connectivity index (χ2v) is 9.54. The molecular weight excluding hydrogens is 507 g/mol. The van der Waals surface area contributed by atoms with E-state index >= 15 is 0 Å². The van der Waals surface area contributed by atoms with Crippen LogP contribution in [0.2, 0.25) is 5.02 Å². The van der Waals surface area contributed by atoms with E-state index in [0.29, 0.717) is 4.88 Å². The Morgan fingerprint density at radius 2 is 2.21 bits per heavy atom. The minimum Gasteiger partial charge on any atom is -0.379 e. The van der Waals surface area contributed by atoms with Crippen LogP contribution >= 0.6 is 22.9 Å². The van der Waals surface area contributed by atoms with Gasteiger partial charge in [0, 0.05) is 13.7 Å². The normalized spacial score (nSPS) is 22.6. The second-order valence-electron chi connectivity index (χ2n) is 6.96. The Kier molecular flexibility index (Phi) is 7.63. The van der Waals surface area contributed by atoms with Crippen LogP contribution in [0.1, 0.15) is 26.7 Å². The molecule has 3 rings (SSSR count). The third kappa shape index (κ3) is 5.46. The number of nitrogens with zero attached hydrogens (tertiary/aromatic N) is 2. The van der Waals surface area contributed by atoms with Gasteiger partial charge >= 0.3 is 6.18 Å². The Hall–Kier alpha value is -2.26. The number of carbonyl (C=O) groups excluding carboxylic acids is 1. The van der Waals surface area contributed by atoms with Crippen molar-refractivity contribution in [1.29, 1.82) is 0 Å². The number of pyridine rings is 1. The quantitative estimate of drug-likeness (QED) is 0.267. The molecule has 3 atom stereocenters. The highest BCUT2D eigenvalue weighted by atomic mass is 35.5. The van der Waals surface area contributed by atoms with Gasteiger partial charge in [-0.2, -0.15) is 13.2 Å².